The number of Topliss-reactive ketones (excluding diaryl/α,β-unsaturated/α-hetero) is 1. The number of ether oxygens (including phenoxy) is 1. The highest BCUT2D eigenvalue weighted by molar-refractivity contribution is 6.04. The van der Waals surface area contributed by atoms with Crippen LogP contribution in [-0.2, 0) is 0 Å². The molecule has 0 aliphatic carbocycles. The lowest BCUT2D eigenvalue weighted by Crippen LogP contribution is -2.18. The monoisotopic (exact) mass is 194 g/mol. The van der Waals surface area contributed by atoms with Crippen molar-refractivity contribution in [2.24, 2.45) is 0 Å². The first-order chi connectivity index (χ1) is 6.65. The van der Waals surface area contributed by atoms with Crippen LogP contribution in [0.3, 0.4) is 0 Å². The Morgan fingerprint density at radius 1 is 1.50 bits per heavy atom. The topological polar surface area (TPSA) is 26.3 Å². The van der Waals surface area contributed by atoms with Crippen molar-refractivity contribution in [1.29, 1.82) is 0 Å². The largest absolute Gasteiger partial charge is 0.478 e. The van der Waals surface area contributed by atoms with Gasteiger partial charge >= 0.3 is 0 Å². The summed E-state index contributed by atoms with van der Waals surface area (Å²) in [6, 6.07) is 3.24. The molecule has 1 aromatic rings. The lowest BCUT2D eigenvalue weighted by molar-refractivity contribution is 0.0850. The fraction of sp³-hybridized carbons (Fsp3) is 0.364. The molecule has 1 aliphatic rings. The third-order valence-electron chi connectivity index (χ3n) is 2.48. The Morgan fingerprint density at radius 3 is 2.86 bits per heavy atom. The van der Waals surface area contributed by atoms with Crippen molar-refractivity contribution in [3.05, 3.63) is 29.1 Å². The van der Waals surface area contributed by atoms with Gasteiger partial charge in [0, 0.05) is 0 Å². The number of benzene rings is 1. The highest BCUT2D eigenvalue weighted by Gasteiger charge is 2.33. The van der Waals surface area contributed by atoms with E-state index in [2.05, 4.69) is 0 Å². The molecule has 1 heterocycles. The van der Waals surface area contributed by atoms with Gasteiger partial charge in [-0.3, -0.25) is 4.79 Å². The van der Waals surface area contributed by atoms with E-state index < -0.39 is 11.9 Å². The first kappa shape index (κ1) is 9.19. The van der Waals surface area contributed by atoms with Crippen molar-refractivity contribution in [3.63, 3.8) is 0 Å². The van der Waals surface area contributed by atoms with Crippen LogP contribution in [0.2, 0.25) is 0 Å². The fourth-order valence-corrected chi connectivity index (χ4v) is 1.60. The minimum atomic E-state index is -0.499. The molecule has 0 saturated carbocycles. The Balaban J connectivity index is 2.53. The molecule has 0 aromatic heterocycles. The zero-order valence-electron chi connectivity index (χ0n) is 8.13. The smallest absolute Gasteiger partial charge is 0.207 e. The Labute approximate surface area is 81.7 Å². The minimum Gasteiger partial charge on any atom is -0.478 e. The van der Waals surface area contributed by atoms with Gasteiger partial charge in [-0.15, -0.1) is 0 Å². The second-order valence-corrected chi connectivity index (χ2v) is 3.45. The van der Waals surface area contributed by atoms with E-state index in [4.69, 9.17) is 4.74 Å². The molecule has 2 rings (SSSR count). The number of hydrogen-bond donors (Lipinski definition) is 0. The van der Waals surface area contributed by atoms with Gasteiger partial charge in [-0.2, -0.15) is 0 Å². The van der Waals surface area contributed by atoms with Crippen molar-refractivity contribution in [1.82, 2.24) is 0 Å². The van der Waals surface area contributed by atoms with E-state index in [9.17, 15) is 9.18 Å². The van der Waals surface area contributed by atoms with Crippen LogP contribution in [0.4, 0.5) is 4.39 Å². The number of hydrogen-bond acceptors (Lipinski definition) is 2. The van der Waals surface area contributed by atoms with E-state index in [-0.39, 0.29) is 11.5 Å². The number of carbonyl (C=O) groups is 1. The third-order valence-corrected chi connectivity index (χ3v) is 2.48. The molecule has 1 aliphatic heterocycles. The summed E-state index contributed by atoms with van der Waals surface area (Å²) >= 11 is 0. The summed E-state index contributed by atoms with van der Waals surface area (Å²) in [5, 5.41) is 0. The molecule has 0 N–H and O–H groups in total. The third kappa shape index (κ3) is 1.12. The molecule has 2 nitrogen and oxygen atoms in total. The van der Waals surface area contributed by atoms with Crippen molar-refractivity contribution < 1.29 is 13.9 Å². The van der Waals surface area contributed by atoms with Gasteiger partial charge in [-0.05, 0) is 25.0 Å². The summed E-state index contributed by atoms with van der Waals surface area (Å²) in [7, 11) is 0. The molecule has 1 atom stereocenters. The van der Waals surface area contributed by atoms with Crippen LogP contribution in [0.5, 0.6) is 5.75 Å². The SMILES string of the molecule is CCC1Oc2c(ccc(C)c2F)C1=O. The Hall–Kier alpha value is -1.38. The van der Waals surface area contributed by atoms with Gasteiger partial charge in [0.25, 0.3) is 0 Å². The normalized spacial score (nSPS) is 19.4. The lowest BCUT2D eigenvalue weighted by Gasteiger charge is -2.05. The standard InChI is InChI=1S/C11H11FO2/c1-3-8-10(13)7-5-4-6(2)9(12)11(7)14-8/h4-5,8H,3H2,1-2H3. The van der Waals surface area contributed by atoms with Gasteiger partial charge < -0.3 is 4.74 Å². The maximum absolute atomic E-state index is 13.5. The number of halogens is 1. The van der Waals surface area contributed by atoms with Crippen molar-refractivity contribution in [2.45, 2.75) is 26.4 Å². The summed E-state index contributed by atoms with van der Waals surface area (Å²) in [6.45, 7) is 3.50. The molecule has 0 spiro atoms. The first-order valence-electron chi connectivity index (χ1n) is 4.65. The summed E-state index contributed by atoms with van der Waals surface area (Å²) in [5.74, 6) is -0.393. The summed E-state index contributed by atoms with van der Waals surface area (Å²) in [5.41, 5.74) is 0.883. The van der Waals surface area contributed by atoms with E-state index >= 15 is 0 Å². The zero-order chi connectivity index (χ0) is 10.3. The van der Waals surface area contributed by atoms with Crippen LogP contribution in [-0.4, -0.2) is 11.9 Å². The van der Waals surface area contributed by atoms with Crippen LogP contribution in [0, 0.1) is 12.7 Å². The molecule has 1 unspecified atom stereocenters. The summed E-state index contributed by atoms with van der Waals surface area (Å²) in [6.07, 6.45) is 0.0766. The fourth-order valence-electron chi connectivity index (χ4n) is 1.60. The van der Waals surface area contributed by atoms with Crippen LogP contribution >= 0.6 is 0 Å². The highest BCUT2D eigenvalue weighted by Crippen LogP contribution is 2.33. The van der Waals surface area contributed by atoms with Gasteiger partial charge in [-0.1, -0.05) is 13.0 Å². The molecule has 74 valence electrons. The van der Waals surface area contributed by atoms with Crippen LogP contribution in [0.1, 0.15) is 29.3 Å². The van der Waals surface area contributed by atoms with Crippen molar-refractivity contribution >= 4 is 5.78 Å². The predicted octanol–water partition coefficient (Wildman–Crippen LogP) is 2.49. The van der Waals surface area contributed by atoms with Crippen molar-refractivity contribution in [2.75, 3.05) is 0 Å². The predicted molar refractivity (Wildman–Crippen MR) is 50.2 cm³/mol. The van der Waals surface area contributed by atoms with Gasteiger partial charge in [0.2, 0.25) is 5.78 Å². The van der Waals surface area contributed by atoms with E-state index in [1.807, 2.05) is 6.92 Å². The van der Waals surface area contributed by atoms with Gasteiger partial charge in [-0.25, -0.2) is 4.39 Å². The van der Waals surface area contributed by atoms with E-state index in [0.29, 0.717) is 17.5 Å². The number of fused-ring (bicyclic) bond motifs is 1. The van der Waals surface area contributed by atoms with E-state index in [1.165, 1.54) is 0 Å². The molecule has 14 heavy (non-hydrogen) atoms. The van der Waals surface area contributed by atoms with Gasteiger partial charge in [0.1, 0.15) is 0 Å². The number of carbonyl (C=O) groups excluding carboxylic acids is 1. The Morgan fingerprint density at radius 2 is 2.21 bits per heavy atom. The van der Waals surface area contributed by atoms with Crippen LogP contribution in [0.15, 0.2) is 12.1 Å². The zero-order valence-corrected chi connectivity index (χ0v) is 8.13. The van der Waals surface area contributed by atoms with E-state index in [1.54, 1.807) is 19.1 Å². The van der Waals surface area contributed by atoms with Crippen LogP contribution in [0.25, 0.3) is 0 Å². The maximum atomic E-state index is 13.5. The minimum absolute atomic E-state index is 0.110. The molecule has 0 radical (unpaired) electrons. The number of rotatable bonds is 1. The van der Waals surface area contributed by atoms with Gasteiger partial charge in [0.15, 0.2) is 17.7 Å². The Kier molecular flexibility index (Phi) is 2.02. The second-order valence-electron chi connectivity index (χ2n) is 3.45. The molecular weight excluding hydrogens is 183 g/mol. The quantitative estimate of drug-likeness (QED) is 0.686. The Bertz CT molecular complexity index is 399. The molecule has 3 heteroatoms. The lowest BCUT2D eigenvalue weighted by atomic mass is 10.1. The maximum Gasteiger partial charge on any atom is 0.207 e. The van der Waals surface area contributed by atoms with Crippen molar-refractivity contribution in [3.8, 4) is 5.75 Å². The summed E-state index contributed by atoms with van der Waals surface area (Å²) in [4.78, 5) is 11.6. The average molecular weight is 194 g/mol. The van der Waals surface area contributed by atoms with E-state index in [0.717, 1.165) is 0 Å². The number of aryl methyl sites for hydroxylation is 1. The molecule has 0 saturated heterocycles. The molecular formula is C11H11FO2. The molecule has 0 amide bonds. The average Bonchev–Trinajstić information content (AvgIpc) is 2.50. The first-order valence-corrected chi connectivity index (χ1v) is 4.65. The molecule has 0 fully saturated rings. The summed E-state index contributed by atoms with van der Waals surface area (Å²) < 4.78 is 18.8. The second kappa shape index (κ2) is 3.08. The molecule has 0 bridgehead atoms. The molecule has 1 aromatic carbocycles. The van der Waals surface area contributed by atoms with Crippen LogP contribution < -0.4 is 4.74 Å². The highest BCUT2D eigenvalue weighted by atomic mass is 19.1. The van der Waals surface area contributed by atoms with Gasteiger partial charge in [0.05, 0.1) is 5.56 Å². The number of ketones is 1.